The van der Waals surface area contributed by atoms with E-state index in [1.807, 2.05) is 17.9 Å². The molecule has 1 saturated heterocycles. The lowest BCUT2D eigenvalue weighted by molar-refractivity contribution is 0.257. The van der Waals surface area contributed by atoms with Gasteiger partial charge in [-0.1, -0.05) is 24.3 Å². The van der Waals surface area contributed by atoms with E-state index in [-0.39, 0.29) is 0 Å². The first-order valence-electron chi connectivity index (χ1n) is 6.94. The van der Waals surface area contributed by atoms with Crippen molar-refractivity contribution in [2.45, 2.75) is 25.2 Å². The smallest absolute Gasteiger partial charge is 0.0521 e. The summed E-state index contributed by atoms with van der Waals surface area (Å²) in [6, 6.07) is 8.80. The van der Waals surface area contributed by atoms with E-state index in [4.69, 9.17) is 0 Å². The lowest BCUT2D eigenvalue weighted by Crippen LogP contribution is -2.57. The number of nitrogens with one attached hydrogen (secondary N) is 1. The highest BCUT2D eigenvalue weighted by Crippen LogP contribution is 2.35. The molecule has 100 valence electrons. The second kappa shape index (κ2) is 4.82. The molecule has 0 aliphatic carbocycles. The van der Waals surface area contributed by atoms with Crippen LogP contribution < -0.4 is 5.32 Å². The number of rotatable bonds is 4. The van der Waals surface area contributed by atoms with Gasteiger partial charge in [0.1, 0.15) is 0 Å². The van der Waals surface area contributed by atoms with Crippen LogP contribution in [0.4, 0.5) is 0 Å². The average Bonchev–Trinajstić information content (AvgIpc) is 2.76. The van der Waals surface area contributed by atoms with Crippen LogP contribution in [0.5, 0.6) is 0 Å². The van der Waals surface area contributed by atoms with Crippen molar-refractivity contribution in [3.05, 3.63) is 53.3 Å². The lowest BCUT2D eigenvalue weighted by Gasteiger charge is -2.44. The summed E-state index contributed by atoms with van der Waals surface area (Å²) in [7, 11) is 1.98. The van der Waals surface area contributed by atoms with Crippen molar-refractivity contribution in [1.29, 1.82) is 0 Å². The number of hydrogen-bond donors (Lipinski definition) is 1. The Kier molecular flexibility index (Phi) is 3.15. The number of aromatic nitrogens is 2. The van der Waals surface area contributed by atoms with Gasteiger partial charge in [0, 0.05) is 31.7 Å². The van der Waals surface area contributed by atoms with E-state index in [0.717, 1.165) is 19.5 Å². The highest BCUT2D eigenvalue weighted by molar-refractivity contribution is 5.36. The summed E-state index contributed by atoms with van der Waals surface area (Å²) in [5, 5.41) is 7.70. The summed E-state index contributed by atoms with van der Waals surface area (Å²) in [5.41, 5.74) is 4.58. The van der Waals surface area contributed by atoms with Gasteiger partial charge in [0.15, 0.2) is 0 Å². The van der Waals surface area contributed by atoms with Crippen LogP contribution in [0.25, 0.3) is 0 Å². The van der Waals surface area contributed by atoms with Crippen LogP contribution in [-0.4, -0.2) is 22.9 Å². The van der Waals surface area contributed by atoms with Gasteiger partial charge in [-0.2, -0.15) is 5.10 Å². The fourth-order valence-corrected chi connectivity index (χ4v) is 3.08. The Labute approximate surface area is 114 Å². The summed E-state index contributed by atoms with van der Waals surface area (Å²) in [6.45, 7) is 4.41. The van der Waals surface area contributed by atoms with E-state index in [2.05, 4.69) is 47.8 Å². The van der Waals surface area contributed by atoms with Gasteiger partial charge in [-0.25, -0.2) is 0 Å². The first-order valence-corrected chi connectivity index (χ1v) is 6.94. The highest BCUT2D eigenvalue weighted by Gasteiger charge is 2.38. The second-order valence-electron chi connectivity index (χ2n) is 5.72. The first kappa shape index (κ1) is 12.4. The third kappa shape index (κ3) is 2.30. The van der Waals surface area contributed by atoms with Crippen molar-refractivity contribution < 1.29 is 0 Å². The van der Waals surface area contributed by atoms with Gasteiger partial charge in [0.05, 0.1) is 6.20 Å². The summed E-state index contributed by atoms with van der Waals surface area (Å²) in [4.78, 5) is 0. The topological polar surface area (TPSA) is 29.9 Å². The van der Waals surface area contributed by atoms with E-state index in [1.54, 1.807) is 0 Å². The average molecular weight is 255 g/mol. The third-order valence-corrected chi connectivity index (χ3v) is 4.29. The molecule has 2 heterocycles. The predicted octanol–water partition coefficient (Wildman–Crippen LogP) is 2.20. The zero-order valence-electron chi connectivity index (χ0n) is 11.7. The van der Waals surface area contributed by atoms with Gasteiger partial charge in [-0.3, -0.25) is 4.68 Å². The largest absolute Gasteiger partial charge is 0.315 e. The van der Waals surface area contributed by atoms with Crippen LogP contribution in [-0.2, 0) is 18.9 Å². The molecule has 1 aliphatic rings. The van der Waals surface area contributed by atoms with Crippen molar-refractivity contribution >= 4 is 0 Å². The minimum atomic E-state index is 0.321. The zero-order valence-corrected chi connectivity index (χ0v) is 11.7. The molecule has 19 heavy (non-hydrogen) atoms. The van der Waals surface area contributed by atoms with Crippen LogP contribution in [0, 0.1) is 6.92 Å². The summed E-state index contributed by atoms with van der Waals surface area (Å²) < 4.78 is 1.88. The molecule has 0 radical (unpaired) electrons. The van der Waals surface area contributed by atoms with Crippen molar-refractivity contribution in [2.24, 2.45) is 7.05 Å². The van der Waals surface area contributed by atoms with Gasteiger partial charge in [0.25, 0.3) is 0 Å². The maximum atomic E-state index is 4.25. The van der Waals surface area contributed by atoms with Gasteiger partial charge < -0.3 is 5.32 Å². The Hall–Kier alpha value is -1.61. The van der Waals surface area contributed by atoms with Crippen molar-refractivity contribution in [3.63, 3.8) is 0 Å². The van der Waals surface area contributed by atoms with Gasteiger partial charge in [0.2, 0.25) is 0 Å². The maximum absolute atomic E-state index is 4.25. The molecule has 0 amide bonds. The molecule has 1 aromatic heterocycles. The number of aryl methyl sites for hydroxylation is 3. The quantitative estimate of drug-likeness (QED) is 0.907. The molecule has 1 aliphatic heterocycles. The molecule has 0 unspecified atom stereocenters. The molecule has 1 N–H and O–H groups in total. The Morgan fingerprint density at radius 2 is 2.11 bits per heavy atom. The van der Waals surface area contributed by atoms with E-state index in [1.165, 1.54) is 23.1 Å². The van der Waals surface area contributed by atoms with Crippen molar-refractivity contribution in [2.75, 3.05) is 13.1 Å². The SMILES string of the molecule is Cc1ccccc1C1(CCc2cnn(C)c2)CNC1. The molecule has 1 aromatic carbocycles. The zero-order chi connectivity index (χ0) is 13.3. The molecule has 0 spiro atoms. The highest BCUT2D eigenvalue weighted by atomic mass is 15.2. The maximum Gasteiger partial charge on any atom is 0.0521 e. The van der Waals surface area contributed by atoms with Gasteiger partial charge in [-0.05, 0) is 36.5 Å². The molecule has 1 fully saturated rings. The van der Waals surface area contributed by atoms with Crippen molar-refractivity contribution in [1.82, 2.24) is 15.1 Å². The summed E-state index contributed by atoms with van der Waals surface area (Å²) in [5.74, 6) is 0. The van der Waals surface area contributed by atoms with Gasteiger partial charge in [-0.15, -0.1) is 0 Å². The standard InChI is InChI=1S/C16H21N3/c1-13-5-3-4-6-15(13)16(11-17-12-16)8-7-14-9-18-19(2)10-14/h3-6,9-10,17H,7-8,11-12H2,1-2H3. The Bertz CT molecular complexity index is 567. The molecule has 3 nitrogen and oxygen atoms in total. The molecule has 2 aromatic rings. The minimum Gasteiger partial charge on any atom is -0.315 e. The molecule has 3 rings (SSSR count). The van der Waals surface area contributed by atoms with Crippen LogP contribution in [0.3, 0.4) is 0 Å². The fraction of sp³-hybridized carbons (Fsp3) is 0.438. The molecule has 3 heteroatoms. The normalized spacial score (nSPS) is 17.2. The van der Waals surface area contributed by atoms with Crippen LogP contribution >= 0.6 is 0 Å². The first-order chi connectivity index (χ1) is 9.20. The van der Waals surface area contributed by atoms with Crippen LogP contribution in [0.1, 0.15) is 23.1 Å². The summed E-state index contributed by atoms with van der Waals surface area (Å²) in [6.07, 6.45) is 6.40. The van der Waals surface area contributed by atoms with E-state index in [0.29, 0.717) is 5.41 Å². The lowest BCUT2D eigenvalue weighted by atomic mass is 9.70. The Morgan fingerprint density at radius 1 is 1.32 bits per heavy atom. The van der Waals surface area contributed by atoms with Gasteiger partial charge >= 0.3 is 0 Å². The Morgan fingerprint density at radius 3 is 2.68 bits per heavy atom. The summed E-state index contributed by atoms with van der Waals surface area (Å²) >= 11 is 0. The molecule has 0 saturated carbocycles. The fourth-order valence-electron chi connectivity index (χ4n) is 3.08. The van der Waals surface area contributed by atoms with Crippen molar-refractivity contribution in [3.8, 4) is 0 Å². The predicted molar refractivity (Wildman–Crippen MR) is 77.3 cm³/mol. The number of benzene rings is 1. The van der Waals surface area contributed by atoms with Crippen LogP contribution in [0.15, 0.2) is 36.7 Å². The van der Waals surface area contributed by atoms with E-state index in [9.17, 15) is 0 Å². The molecule has 0 atom stereocenters. The number of nitrogens with zero attached hydrogens (tertiary/aromatic N) is 2. The Balaban J connectivity index is 1.78. The molecular weight excluding hydrogens is 234 g/mol. The molecule has 0 bridgehead atoms. The third-order valence-electron chi connectivity index (χ3n) is 4.29. The van der Waals surface area contributed by atoms with E-state index >= 15 is 0 Å². The monoisotopic (exact) mass is 255 g/mol. The molecular formula is C16H21N3. The minimum absolute atomic E-state index is 0.321. The second-order valence-corrected chi connectivity index (χ2v) is 5.72. The van der Waals surface area contributed by atoms with E-state index < -0.39 is 0 Å². The van der Waals surface area contributed by atoms with Crippen LogP contribution in [0.2, 0.25) is 0 Å². The number of hydrogen-bond acceptors (Lipinski definition) is 2.